The number of halogens is 1. The van der Waals surface area contributed by atoms with Gasteiger partial charge in [-0.3, -0.25) is 9.67 Å². The second-order valence-corrected chi connectivity index (χ2v) is 5.55. The molecule has 1 aromatic rings. The van der Waals surface area contributed by atoms with Crippen molar-refractivity contribution in [3.63, 3.8) is 0 Å². The molecule has 7 heteroatoms. The summed E-state index contributed by atoms with van der Waals surface area (Å²) in [5.74, 6) is 0.890. The lowest BCUT2D eigenvalue weighted by Gasteiger charge is -2.36. The van der Waals surface area contributed by atoms with Crippen molar-refractivity contribution in [1.82, 2.24) is 20.4 Å². The van der Waals surface area contributed by atoms with E-state index in [1.54, 1.807) is 6.20 Å². The van der Waals surface area contributed by atoms with Crippen molar-refractivity contribution in [2.45, 2.75) is 26.8 Å². The molecule has 2 N–H and O–H groups in total. The SMILES string of the molecule is CCNC(=NCC1(C)COC1)NCCCn1cccn1.I. The van der Waals surface area contributed by atoms with Crippen molar-refractivity contribution in [3.8, 4) is 0 Å². The fraction of sp³-hybridized carbons (Fsp3) is 0.714. The second-order valence-electron chi connectivity index (χ2n) is 5.55. The molecule has 2 heterocycles. The minimum Gasteiger partial charge on any atom is -0.380 e. The lowest BCUT2D eigenvalue weighted by molar-refractivity contribution is -0.0945. The van der Waals surface area contributed by atoms with Gasteiger partial charge in [-0.1, -0.05) is 6.92 Å². The fourth-order valence-electron chi connectivity index (χ4n) is 2.03. The minimum absolute atomic E-state index is 0. The number of nitrogens with one attached hydrogen (secondary N) is 2. The Labute approximate surface area is 143 Å². The molecule has 0 bridgehead atoms. The third kappa shape index (κ3) is 6.21. The Morgan fingerprint density at radius 3 is 2.81 bits per heavy atom. The predicted octanol–water partition coefficient (Wildman–Crippen LogP) is 1.48. The molecule has 0 saturated carbocycles. The van der Waals surface area contributed by atoms with Gasteiger partial charge >= 0.3 is 0 Å². The molecule has 0 aliphatic carbocycles. The van der Waals surface area contributed by atoms with E-state index in [9.17, 15) is 0 Å². The number of nitrogens with zero attached hydrogens (tertiary/aromatic N) is 3. The maximum absolute atomic E-state index is 5.25. The lowest BCUT2D eigenvalue weighted by atomic mass is 9.89. The highest BCUT2D eigenvalue weighted by molar-refractivity contribution is 14.0. The highest BCUT2D eigenvalue weighted by Crippen LogP contribution is 2.26. The van der Waals surface area contributed by atoms with Crippen molar-refractivity contribution in [2.24, 2.45) is 10.4 Å². The highest BCUT2D eigenvalue weighted by atomic mass is 127. The van der Waals surface area contributed by atoms with Crippen molar-refractivity contribution in [2.75, 3.05) is 32.8 Å². The Morgan fingerprint density at radius 1 is 1.43 bits per heavy atom. The van der Waals surface area contributed by atoms with Crippen LogP contribution in [0.15, 0.2) is 23.5 Å². The summed E-state index contributed by atoms with van der Waals surface area (Å²) >= 11 is 0. The molecule has 1 aromatic heterocycles. The van der Waals surface area contributed by atoms with Crippen molar-refractivity contribution in [3.05, 3.63) is 18.5 Å². The van der Waals surface area contributed by atoms with E-state index in [-0.39, 0.29) is 29.4 Å². The molecule has 0 atom stereocenters. The quantitative estimate of drug-likeness (QED) is 0.311. The zero-order valence-electron chi connectivity index (χ0n) is 12.8. The van der Waals surface area contributed by atoms with Gasteiger partial charge in [-0.2, -0.15) is 5.10 Å². The van der Waals surface area contributed by atoms with E-state index in [1.165, 1.54) is 0 Å². The summed E-state index contributed by atoms with van der Waals surface area (Å²) in [6.45, 7) is 9.41. The first-order valence-electron chi connectivity index (χ1n) is 7.29. The smallest absolute Gasteiger partial charge is 0.191 e. The summed E-state index contributed by atoms with van der Waals surface area (Å²) in [6, 6.07) is 1.94. The molecule has 120 valence electrons. The molecule has 1 saturated heterocycles. The van der Waals surface area contributed by atoms with Gasteiger partial charge in [-0.05, 0) is 19.4 Å². The molecule has 0 unspecified atom stereocenters. The highest BCUT2D eigenvalue weighted by Gasteiger charge is 2.33. The van der Waals surface area contributed by atoms with Crippen molar-refractivity contribution in [1.29, 1.82) is 0 Å². The summed E-state index contributed by atoms with van der Waals surface area (Å²) in [5.41, 5.74) is 0.220. The standard InChI is InChI=1S/C14H25N5O.HI/c1-3-15-13(17-10-14(2)11-20-12-14)16-6-4-8-19-9-5-7-18-19;/h5,7,9H,3-4,6,8,10-12H2,1-2H3,(H2,15,16,17);1H. The Hall–Kier alpha value is -0.830. The number of guanidine groups is 1. The summed E-state index contributed by atoms with van der Waals surface area (Å²) in [4.78, 5) is 4.63. The molecule has 0 spiro atoms. The number of hydrogen-bond donors (Lipinski definition) is 2. The van der Waals surface area contributed by atoms with E-state index in [0.29, 0.717) is 0 Å². The Bertz CT molecular complexity index is 417. The van der Waals surface area contributed by atoms with Crippen LogP contribution in [0, 0.1) is 5.41 Å². The summed E-state index contributed by atoms with van der Waals surface area (Å²) in [6.07, 6.45) is 4.81. The largest absolute Gasteiger partial charge is 0.380 e. The first-order chi connectivity index (χ1) is 9.72. The molecule has 2 rings (SSSR count). The van der Waals surface area contributed by atoms with Crippen LogP contribution in [0.3, 0.4) is 0 Å². The first-order valence-corrected chi connectivity index (χ1v) is 7.29. The predicted molar refractivity (Wildman–Crippen MR) is 95.2 cm³/mol. The zero-order chi connectivity index (χ0) is 14.3. The van der Waals surface area contributed by atoms with Gasteiger partial charge in [0.15, 0.2) is 5.96 Å². The maximum Gasteiger partial charge on any atom is 0.191 e. The van der Waals surface area contributed by atoms with Crippen molar-refractivity contribution < 1.29 is 4.74 Å². The first kappa shape index (κ1) is 18.2. The number of aliphatic imine (C=N–C) groups is 1. The molecule has 0 aromatic carbocycles. The van der Waals surface area contributed by atoms with Crippen LogP contribution in [0.4, 0.5) is 0 Å². The Kier molecular flexibility index (Phi) is 8.02. The minimum atomic E-state index is 0. The van der Waals surface area contributed by atoms with Crippen LogP contribution in [0.1, 0.15) is 20.3 Å². The van der Waals surface area contributed by atoms with Gasteiger partial charge in [0.2, 0.25) is 0 Å². The Balaban J connectivity index is 0.00000220. The average Bonchev–Trinajstić information content (AvgIpc) is 2.91. The fourth-order valence-corrected chi connectivity index (χ4v) is 2.03. The molecule has 0 amide bonds. The summed E-state index contributed by atoms with van der Waals surface area (Å²) in [5, 5.41) is 10.8. The molecule has 1 fully saturated rings. The van der Waals surface area contributed by atoms with E-state index in [0.717, 1.165) is 51.8 Å². The van der Waals surface area contributed by atoms with Gasteiger partial charge in [0.05, 0.1) is 19.8 Å². The average molecular weight is 407 g/mol. The van der Waals surface area contributed by atoms with E-state index in [1.807, 2.05) is 16.9 Å². The number of hydrogen-bond acceptors (Lipinski definition) is 3. The monoisotopic (exact) mass is 407 g/mol. The number of rotatable bonds is 7. The molecule has 6 nitrogen and oxygen atoms in total. The summed E-state index contributed by atoms with van der Waals surface area (Å²) in [7, 11) is 0. The number of ether oxygens (including phenoxy) is 1. The normalized spacial score (nSPS) is 16.8. The van der Waals surface area contributed by atoms with Gasteiger partial charge in [-0.25, -0.2) is 0 Å². The van der Waals surface area contributed by atoms with Gasteiger partial charge in [0, 0.05) is 37.4 Å². The van der Waals surface area contributed by atoms with Crippen LogP contribution in [0.5, 0.6) is 0 Å². The molecular formula is C14H26IN5O. The van der Waals surface area contributed by atoms with Crippen molar-refractivity contribution >= 4 is 29.9 Å². The molecule has 21 heavy (non-hydrogen) atoms. The van der Waals surface area contributed by atoms with Gasteiger partial charge in [0.1, 0.15) is 0 Å². The summed E-state index contributed by atoms with van der Waals surface area (Å²) < 4.78 is 7.19. The van der Waals surface area contributed by atoms with Crippen LogP contribution in [0.2, 0.25) is 0 Å². The van der Waals surface area contributed by atoms with Gasteiger partial charge in [0.25, 0.3) is 0 Å². The van der Waals surface area contributed by atoms with E-state index < -0.39 is 0 Å². The Morgan fingerprint density at radius 2 is 2.24 bits per heavy atom. The maximum atomic E-state index is 5.25. The van der Waals surface area contributed by atoms with E-state index in [2.05, 4.69) is 34.6 Å². The molecule has 0 radical (unpaired) electrons. The van der Waals surface area contributed by atoms with Crippen LogP contribution >= 0.6 is 24.0 Å². The van der Waals surface area contributed by atoms with Gasteiger partial charge in [-0.15, -0.1) is 24.0 Å². The zero-order valence-corrected chi connectivity index (χ0v) is 15.2. The number of aryl methyl sites for hydroxylation is 1. The molecule has 1 aliphatic heterocycles. The van der Waals surface area contributed by atoms with Crippen LogP contribution < -0.4 is 10.6 Å². The molecule has 1 aliphatic rings. The lowest BCUT2D eigenvalue weighted by Crippen LogP contribution is -2.44. The second kappa shape index (κ2) is 9.24. The third-order valence-electron chi connectivity index (χ3n) is 3.28. The van der Waals surface area contributed by atoms with Crippen LogP contribution in [-0.4, -0.2) is 48.6 Å². The van der Waals surface area contributed by atoms with E-state index in [4.69, 9.17) is 4.74 Å². The van der Waals surface area contributed by atoms with E-state index >= 15 is 0 Å². The third-order valence-corrected chi connectivity index (χ3v) is 3.28. The molecular weight excluding hydrogens is 381 g/mol. The van der Waals surface area contributed by atoms with Gasteiger partial charge < -0.3 is 15.4 Å². The van der Waals surface area contributed by atoms with Crippen LogP contribution in [-0.2, 0) is 11.3 Å². The topological polar surface area (TPSA) is 63.5 Å². The number of aromatic nitrogens is 2. The van der Waals surface area contributed by atoms with Crippen LogP contribution in [0.25, 0.3) is 0 Å².